The van der Waals surface area contributed by atoms with Gasteiger partial charge in [0.1, 0.15) is 5.82 Å². The van der Waals surface area contributed by atoms with Crippen LogP contribution in [0.5, 0.6) is 0 Å². The fourth-order valence-corrected chi connectivity index (χ4v) is 2.81. The Morgan fingerprint density at radius 2 is 1.95 bits per heavy atom. The fraction of sp³-hybridized carbons (Fsp3) is 0.824. The van der Waals surface area contributed by atoms with Crippen LogP contribution in [-0.2, 0) is 13.6 Å². The molecule has 4 heteroatoms. The van der Waals surface area contributed by atoms with E-state index in [2.05, 4.69) is 61.7 Å². The average Bonchev–Trinajstić information content (AvgIpc) is 3.16. The van der Waals surface area contributed by atoms with Gasteiger partial charge in [0, 0.05) is 37.8 Å². The molecule has 0 spiro atoms. The lowest BCUT2D eigenvalue weighted by molar-refractivity contribution is 0.556. The van der Waals surface area contributed by atoms with E-state index in [0.717, 1.165) is 30.7 Å². The molecule has 120 valence electrons. The molecule has 1 heterocycles. The van der Waals surface area contributed by atoms with E-state index in [9.17, 15) is 0 Å². The molecule has 1 aliphatic carbocycles. The summed E-state index contributed by atoms with van der Waals surface area (Å²) in [5, 5.41) is 8.24. The lowest BCUT2D eigenvalue weighted by Crippen LogP contribution is -2.31. The summed E-state index contributed by atoms with van der Waals surface area (Å²) >= 11 is 0. The van der Waals surface area contributed by atoms with Gasteiger partial charge in [0.05, 0.1) is 5.69 Å². The first-order chi connectivity index (χ1) is 9.90. The van der Waals surface area contributed by atoms with Gasteiger partial charge in [-0.2, -0.15) is 5.10 Å². The molecule has 0 aromatic carbocycles. The van der Waals surface area contributed by atoms with E-state index in [0.29, 0.717) is 6.04 Å². The largest absolute Gasteiger partial charge is 0.354 e. The Balaban J connectivity index is 2.21. The van der Waals surface area contributed by atoms with Crippen molar-refractivity contribution in [3.63, 3.8) is 0 Å². The summed E-state index contributed by atoms with van der Waals surface area (Å²) in [4.78, 5) is 2.61. The highest BCUT2D eigenvalue weighted by atomic mass is 15.4. The maximum atomic E-state index is 4.68. The van der Waals surface area contributed by atoms with Crippen LogP contribution < -0.4 is 10.2 Å². The number of nitrogens with one attached hydrogen (secondary N) is 1. The minimum atomic E-state index is 0.502. The van der Waals surface area contributed by atoms with Gasteiger partial charge in [-0.25, -0.2) is 0 Å². The van der Waals surface area contributed by atoms with Crippen LogP contribution >= 0.6 is 0 Å². The standard InChI is InChI=1S/C17H32N4/c1-12(2)9-10-21(15-7-8-15)17-16(11-18-13(3)4)14(5)19-20(17)6/h12-13,15,18H,7-11H2,1-6H3. The summed E-state index contributed by atoms with van der Waals surface area (Å²) in [6.45, 7) is 13.2. The zero-order valence-electron chi connectivity index (χ0n) is 14.6. The van der Waals surface area contributed by atoms with Crippen molar-refractivity contribution in [2.45, 2.75) is 72.5 Å². The molecule has 21 heavy (non-hydrogen) atoms. The molecule has 1 fully saturated rings. The fourth-order valence-electron chi connectivity index (χ4n) is 2.81. The first kappa shape index (κ1) is 16.3. The molecule has 0 bridgehead atoms. The van der Waals surface area contributed by atoms with Crippen LogP contribution in [0.15, 0.2) is 0 Å². The third-order valence-electron chi connectivity index (χ3n) is 4.21. The molecule has 1 aliphatic rings. The van der Waals surface area contributed by atoms with E-state index in [1.807, 2.05) is 0 Å². The minimum absolute atomic E-state index is 0.502. The van der Waals surface area contributed by atoms with Crippen molar-refractivity contribution in [3.8, 4) is 0 Å². The van der Waals surface area contributed by atoms with E-state index in [4.69, 9.17) is 0 Å². The van der Waals surface area contributed by atoms with Crippen LogP contribution in [0.2, 0.25) is 0 Å². The zero-order chi connectivity index (χ0) is 15.6. The van der Waals surface area contributed by atoms with Crippen molar-refractivity contribution >= 4 is 5.82 Å². The van der Waals surface area contributed by atoms with Crippen LogP contribution in [0.4, 0.5) is 5.82 Å². The Kier molecular flexibility index (Phi) is 5.31. The third kappa shape index (κ3) is 4.22. The van der Waals surface area contributed by atoms with Crippen LogP contribution in [0.25, 0.3) is 0 Å². The maximum absolute atomic E-state index is 4.68. The van der Waals surface area contributed by atoms with Crippen molar-refractivity contribution in [1.82, 2.24) is 15.1 Å². The monoisotopic (exact) mass is 292 g/mol. The van der Waals surface area contributed by atoms with E-state index in [1.165, 1.54) is 30.6 Å². The van der Waals surface area contributed by atoms with Crippen LogP contribution in [0.3, 0.4) is 0 Å². The quantitative estimate of drug-likeness (QED) is 0.798. The summed E-state index contributed by atoms with van der Waals surface area (Å²) in [7, 11) is 2.09. The molecule has 1 aromatic heterocycles. The van der Waals surface area contributed by atoms with Gasteiger partial charge in [-0.3, -0.25) is 4.68 Å². The van der Waals surface area contributed by atoms with Gasteiger partial charge in [0.25, 0.3) is 0 Å². The second-order valence-corrected chi connectivity index (χ2v) is 7.15. The molecule has 2 rings (SSSR count). The molecule has 0 amide bonds. The highest BCUT2D eigenvalue weighted by Gasteiger charge is 2.32. The predicted molar refractivity (Wildman–Crippen MR) is 89.7 cm³/mol. The normalized spacial score (nSPS) is 15.2. The number of anilines is 1. The van der Waals surface area contributed by atoms with Crippen molar-refractivity contribution in [3.05, 3.63) is 11.3 Å². The van der Waals surface area contributed by atoms with Crippen molar-refractivity contribution in [2.75, 3.05) is 11.4 Å². The van der Waals surface area contributed by atoms with E-state index in [1.54, 1.807) is 0 Å². The molecular formula is C17H32N4. The Morgan fingerprint density at radius 3 is 2.48 bits per heavy atom. The second kappa shape index (κ2) is 6.82. The summed E-state index contributed by atoms with van der Waals surface area (Å²) in [5.41, 5.74) is 2.54. The smallest absolute Gasteiger partial charge is 0.131 e. The van der Waals surface area contributed by atoms with Crippen molar-refractivity contribution < 1.29 is 0 Å². The highest BCUT2D eigenvalue weighted by molar-refractivity contribution is 5.52. The van der Waals surface area contributed by atoms with E-state index in [-0.39, 0.29) is 0 Å². The third-order valence-corrected chi connectivity index (χ3v) is 4.21. The maximum Gasteiger partial charge on any atom is 0.131 e. The van der Waals surface area contributed by atoms with Gasteiger partial charge >= 0.3 is 0 Å². The highest BCUT2D eigenvalue weighted by Crippen LogP contribution is 2.35. The molecule has 0 radical (unpaired) electrons. The summed E-state index contributed by atoms with van der Waals surface area (Å²) in [6.07, 6.45) is 3.91. The number of rotatable bonds is 8. The molecule has 0 saturated heterocycles. The zero-order valence-corrected chi connectivity index (χ0v) is 14.6. The van der Waals surface area contributed by atoms with Gasteiger partial charge in [0.15, 0.2) is 0 Å². The number of nitrogens with zero attached hydrogens (tertiary/aromatic N) is 3. The Morgan fingerprint density at radius 1 is 1.29 bits per heavy atom. The van der Waals surface area contributed by atoms with Gasteiger partial charge in [-0.1, -0.05) is 27.7 Å². The first-order valence-electron chi connectivity index (χ1n) is 8.42. The van der Waals surface area contributed by atoms with Crippen molar-refractivity contribution in [2.24, 2.45) is 13.0 Å². The average molecular weight is 292 g/mol. The second-order valence-electron chi connectivity index (χ2n) is 7.15. The minimum Gasteiger partial charge on any atom is -0.354 e. The summed E-state index contributed by atoms with van der Waals surface area (Å²) < 4.78 is 2.09. The molecule has 1 aromatic rings. The molecule has 0 aliphatic heterocycles. The van der Waals surface area contributed by atoms with Gasteiger partial charge in [-0.15, -0.1) is 0 Å². The van der Waals surface area contributed by atoms with Crippen molar-refractivity contribution in [1.29, 1.82) is 0 Å². The Bertz CT molecular complexity index is 458. The number of hydrogen-bond donors (Lipinski definition) is 1. The molecule has 4 nitrogen and oxygen atoms in total. The molecule has 1 saturated carbocycles. The molecule has 1 N–H and O–H groups in total. The SMILES string of the molecule is Cc1nn(C)c(N(CCC(C)C)C2CC2)c1CNC(C)C. The number of aromatic nitrogens is 2. The van der Waals surface area contributed by atoms with E-state index < -0.39 is 0 Å². The topological polar surface area (TPSA) is 33.1 Å². The van der Waals surface area contributed by atoms with Crippen LogP contribution in [0.1, 0.15) is 58.2 Å². The predicted octanol–water partition coefficient (Wildman–Crippen LogP) is 3.24. The number of aryl methyl sites for hydroxylation is 2. The lowest BCUT2D eigenvalue weighted by Gasteiger charge is -2.27. The molecule has 0 unspecified atom stereocenters. The van der Waals surface area contributed by atoms with Gasteiger partial charge < -0.3 is 10.2 Å². The van der Waals surface area contributed by atoms with Crippen LogP contribution in [0, 0.1) is 12.8 Å². The summed E-state index contributed by atoms with van der Waals surface area (Å²) in [6, 6.07) is 1.24. The molecule has 0 atom stereocenters. The van der Waals surface area contributed by atoms with E-state index >= 15 is 0 Å². The van der Waals surface area contributed by atoms with Gasteiger partial charge in [0.2, 0.25) is 0 Å². The Hall–Kier alpha value is -1.03. The van der Waals surface area contributed by atoms with Gasteiger partial charge in [-0.05, 0) is 32.1 Å². The first-order valence-corrected chi connectivity index (χ1v) is 8.42. The molecular weight excluding hydrogens is 260 g/mol. The summed E-state index contributed by atoms with van der Waals surface area (Å²) in [5.74, 6) is 2.08. The lowest BCUT2D eigenvalue weighted by atomic mass is 10.1. The Labute approximate surface area is 129 Å². The number of hydrogen-bond acceptors (Lipinski definition) is 3. The van der Waals surface area contributed by atoms with Crippen LogP contribution in [-0.4, -0.2) is 28.4 Å².